The Bertz CT molecular complexity index is 297. The van der Waals surface area contributed by atoms with E-state index in [-0.39, 0.29) is 5.54 Å². The minimum absolute atomic E-state index is 0.261. The Morgan fingerprint density at radius 3 is 2.88 bits per heavy atom. The molecule has 0 amide bonds. The molecule has 0 aromatic rings. The number of nitrogens with zero attached hydrogens (tertiary/aromatic N) is 1. The number of hydrogen-bond acceptors (Lipinski definition) is 4. The van der Waals surface area contributed by atoms with Crippen LogP contribution in [0.25, 0.3) is 0 Å². The van der Waals surface area contributed by atoms with Crippen LogP contribution in [0, 0.1) is 0 Å². The lowest BCUT2D eigenvalue weighted by atomic mass is 9.93. The quantitative estimate of drug-likeness (QED) is 0.770. The van der Waals surface area contributed by atoms with Gasteiger partial charge in [-0.05, 0) is 25.7 Å². The lowest BCUT2D eigenvalue weighted by molar-refractivity contribution is 0.0553. The Morgan fingerprint density at radius 2 is 2.12 bits per heavy atom. The molecule has 4 nitrogen and oxygen atoms in total. The molecule has 0 saturated carbocycles. The fourth-order valence-corrected chi connectivity index (χ4v) is 3.88. The molecular formula is C12H20N2O2S. The fraction of sp³-hybridized carbons (Fsp3) is 0.917. The van der Waals surface area contributed by atoms with E-state index in [4.69, 9.17) is 14.5 Å². The van der Waals surface area contributed by atoms with Gasteiger partial charge in [-0.3, -0.25) is 4.99 Å². The van der Waals surface area contributed by atoms with Gasteiger partial charge in [-0.15, -0.1) is 0 Å². The molecule has 17 heavy (non-hydrogen) atoms. The van der Waals surface area contributed by atoms with Crippen LogP contribution in [0.1, 0.15) is 25.7 Å². The molecule has 3 rings (SSSR count). The summed E-state index contributed by atoms with van der Waals surface area (Å²) in [5, 5.41) is 4.76. The van der Waals surface area contributed by atoms with Crippen molar-refractivity contribution in [3.05, 3.63) is 0 Å². The Balaban J connectivity index is 1.60. The van der Waals surface area contributed by atoms with E-state index in [1.165, 1.54) is 6.42 Å². The lowest BCUT2D eigenvalue weighted by Gasteiger charge is -2.32. The van der Waals surface area contributed by atoms with E-state index in [2.05, 4.69) is 5.32 Å². The van der Waals surface area contributed by atoms with Crippen LogP contribution in [-0.4, -0.2) is 48.9 Å². The number of ether oxygens (including phenoxy) is 2. The van der Waals surface area contributed by atoms with E-state index in [0.717, 1.165) is 56.6 Å². The maximum absolute atomic E-state index is 5.47. The lowest BCUT2D eigenvalue weighted by Crippen LogP contribution is -2.48. The van der Waals surface area contributed by atoms with Gasteiger partial charge in [-0.1, -0.05) is 11.8 Å². The van der Waals surface area contributed by atoms with Crippen molar-refractivity contribution in [1.29, 1.82) is 0 Å². The first-order chi connectivity index (χ1) is 8.36. The van der Waals surface area contributed by atoms with Crippen molar-refractivity contribution < 1.29 is 9.47 Å². The van der Waals surface area contributed by atoms with Crippen molar-refractivity contribution in [3.8, 4) is 0 Å². The summed E-state index contributed by atoms with van der Waals surface area (Å²) in [6, 6.07) is 0.369. The van der Waals surface area contributed by atoms with Crippen LogP contribution >= 0.6 is 11.8 Å². The molecule has 1 spiro atoms. The van der Waals surface area contributed by atoms with Gasteiger partial charge in [0.15, 0.2) is 5.17 Å². The highest BCUT2D eigenvalue weighted by Gasteiger charge is 2.38. The van der Waals surface area contributed by atoms with Gasteiger partial charge in [0.05, 0.1) is 18.2 Å². The summed E-state index contributed by atoms with van der Waals surface area (Å²) in [6.45, 7) is 3.46. The number of hydrogen-bond donors (Lipinski definition) is 1. The Kier molecular flexibility index (Phi) is 3.59. The number of nitrogens with one attached hydrogen (secondary N) is 1. The Labute approximate surface area is 107 Å². The molecule has 3 heterocycles. The highest BCUT2D eigenvalue weighted by molar-refractivity contribution is 8.14. The van der Waals surface area contributed by atoms with E-state index in [0.29, 0.717) is 6.04 Å². The minimum atomic E-state index is 0.261. The number of thioether (sulfide) groups is 1. The monoisotopic (exact) mass is 256 g/mol. The van der Waals surface area contributed by atoms with Gasteiger partial charge in [-0.25, -0.2) is 0 Å². The molecule has 96 valence electrons. The summed E-state index contributed by atoms with van der Waals surface area (Å²) < 4.78 is 10.9. The number of rotatable bonds is 1. The molecule has 1 unspecified atom stereocenters. The average molecular weight is 256 g/mol. The topological polar surface area (TPSA) is 42.8 Å². The molecule has 3 fully saturated rings. The summed E-state index contributed by atoms with van der Waals surface area (Å²) in [4.78, 5) is 4.79. The molecular weight excluding hydrogens is 236 g/mol. The van der Waals surface area contributed by atoms with Gasteiger partial charge in [0, 0.05) is 25.6 Å². The standard InChI is InChI=1S/C12H20N2O2S/c1-2-10(8-16-5-1)13-11-14-12(9-17-11)3-6-15-7-4-12/h10H,1-9H2,(H,13,14). The maximum atomic E-state index is 5.47. The SMILES string of the molecule is C1COCC(N=C2NC3(CCOCC3)CS2)C1. The highest BCUT2D eigenvalue weighted by atomic mass is 32.2. The zero-order valence-corrected chi connectivity index (χ0v) is 10.9. The van der Waals surface area contributed by atoms with Crippen LogP contribution in [0.3, 0.4) is 0 Å². The Hall–Kier alpha value is -0.260. The second-order valence-electron chi connectivity index (χ2n) is 5.11. The van der Waals surface area contributed by atoms with Crippen LogP contribution in [0.5, 0.6) is 0 Å². The third kappa shape index (κ3) is 2.77. The predicted molar refractivity (Wildman–Crippen MR) is 69.7 cm³/mol. The molecule has 0 aromatic heterocycles. The summed E-state index contributed by atoms with van der Waals surface area (Å²) in [7, 11) is 0. The normalized spacial score (nSPS) is 35.1. The van der Waals surface area contributed by atoms with Gasteiger partial charge >= 0.3 is 0 Å². The number of aliphatic imine (C=N–C) groups is 1. The molecule has 5 heteroatoms. The Morgan fingerprint density at radius 1 is 1.24 bits per heavy atom. The van der Waals surface area contributed by atoms with Gasteiger partial charge in [-0.2, -0.15) is 0 Å². The first kappa shape index (κ1) is 11.8. The van der Waals surface area contributed by atoms with Crippen LogP contribution in [-0.2, 0) is 9.47 Å². The minimum Gasteiger partial charge on any atom is -0.381 e. The first-order valence-electron chi connectivity index (χ1n) is 6.51. The zero-order valence-electron chi connectivity index (χ0n) is 10.1. The van der Waals surface area contributed by atoms with Crippen LogP contribution in [0.15, 0.2) is 4.99 Å². The van der Waals surface area contributed by atoms with Gasteiger partial charge < -0.3 is 14.8 Å². The van der Waals surface area contributed by atoms with Crippen molar-refractivity contribution in [2.45, 2.75) is 37.3 Å². The smallest absolute Gasteiger partial charge is 0.157 e. The van der Waals surface area contributed by atoms with Crippen molar-refractivity contribution >= 4 is 16.9 Å². The summed E-state index contributed by atoms with van der Waals surface area (Å²) in [6.07, 6.45) is 4.54. The van der Waals surface area contributed by atoms with Crippen molar-refractivity contribution in [1.82, 2.24) is 5.32 Å². The zero-order chi connectivity index (χ0) is 11.6. The maximum Gasteiger partial charge on any atom is 0.157 e. The van der Waals surface area contributed by atoms with Gasteiger partial charge in [0.25, 0.3) is 0 Å². The highest BCUT2D eigenvalue weighted by Crippen LogP contribution is 2.32. The molecule has 0 radical (unpaired) electrons. The molecule has 1 atom stereocenters. The van der Waals surface area contributed by atoms with Gasteiger partial charge in [0.1, 0.15) is 0 Å². The molecule has 3 aliphatic rings. The largest absolute Gasteiger partial charge is 0.381 e. The fourth-order valence-electron chi connectivity index (χ4n) is 2.60. The van der Waals surface area contributed by atoms with Crippen molar-refractivity contribution in [3.63, 3.8) is 0 Å². The second kappa shape index (κ2) is 5.16. The average Bonchev–Trinajstić information content (AvgIpc) is 2.74. The van der Waals surface area contributed by atoms with E-state index in [1.54, 1.807) is 0 Å². The molecule has 0 aliphatic carbocycles. The molecule has 3 saturated heterocycles. The van der Waals surface area contributed by atoms with E-state index >= 15 is 0 Å². The first-order valence-corrected chi connectivity index (χ1v) is 7.49. The number of amidine groups is 1. The molecule has 0 bridgehead atoms. The summed E-state index contributed by atoms with van der Waals surface area (Å²) >= 11 is 1.87. The van der Waals surface area contributed by atoms with Crippen LogP contribution < -0.4 is 5.32 Å². The molecule has 1 N–H and O–H groups in total. The third-order valence-electron chi connectivity index (χ3n) is 3.74. The third-order valence-corrected chi connectivity index (χ3v) is 4.92. The summed E-state index contributed by atoms with van der Waals surface area (Å²) in [5.74, 6) is 1.14. The second-order valence-corrected chi connectivity index (χ2v) is 6.08. The van der Waals surface area contributed by atoms with E-state index in [9.17, 15) is 0 Å². The predicted octanol–water partition coefficient (Wildman–Crippen LogP) is 1.41. The van der Waals surface area contributed by atoms with Crippen molar-refractivity contribution in [2.24, 2.45) is 4.99 Å². The molecule has 3 aliphatic heterocycles. The van der Waals surface area contributed by atoms with Crippen LogP contribution in [0.4, 0.5) is 0 Å². The van der Waals surface area contributed by atoms with Gasteiger partial charge in [0.2, 0.25) is 0 Å². The van der Waals surface area contributed by atoms with E-state index < -0.39 is 0 Å². The van der Waals surface area contributed by atoms with Crippen molar-refractivity contribution in [2.75, 3.05) is 32.2 Å². The van der Waals surface area contributed by atoms with Crippen LogP contribution in [0.2, 0.25) is 0 Å². The van der Waals surface area contributed by atoms with E-state index in [1.807, 2.05) is 11.8 Å². The molecule has 0 aromatic carbocycles. The summed E-state index contributed by atoms with van der Waals surface area (Å²) in [5.41, 5.74) is 0.261.